The number of hydrogen-bond acceptors (Lipinski definition) is 3. The van der Waals surface area contributed by atoms with Crippen LogP contribution in [0.15, 0.2) is 23.8 Å². The van der Waals surface area contributed by atoms with Crippen LogP contribution in [0.2, 0.25) is 0 Å². The van der Waals surface area contributed by atoms with Gasteiger partial charge in [0.1, 0.15) is 0 Å². The van der Waals surface area contributed by atoms with E-state index in [-0.39, 0.29) is 0 Å². The van der Waals surface area contributed by atoms with E-state index in [2.05, 4.69) is 0 Å². The second kappa shape index (κ2) is 3.85. The number of hydrogen-bond donors (Lipinski definition) is 1. The smallest absolute Gasteiger partial charge is 0.279 e. The summed E-state index contributed by atoms with van der Waals surface area (Å²) in [4.78, 5) is 10.3. The molecule has 0 aliphatic heterocycles. The standard InChI is InChI=1S/C8H9O4S/c9-6-8(13(10,11)12)7-4-2-1-3-5-7/h1-2,5,8H,3-4H2,(H,10,11,12). The van der Waals surface area contributed by atoms with Crippen LogP contribution in [0, 0.1) is 0 Å². The molecule has 0 saturated carbocycles. The predicted octanol–water partition coefficient (Wildman–Crippen LogP) is 0.629. The molecule has 5 heteroatoms. The summed E-state index contributed by atoms with van der Waals surface area (Å²) in [7, 11) is -4.34. The molecule has 0 spiro atoms. The molecule has 1 radical (unpaired) electrons. The first kappa shape index (κ1) is 10.1. The first-order valence-corrected chi connectivity index (χ1v) is 5.24. The van der Waals surface area contributed by atoms with Crippen molar-refractivity contribution in [1.29, 1.82) is 0 Å². The summed E-state index contributed by atoms with van der Waals surface area (Å²) in [6.45, 7) is 0. The molecule has 1 atom stereocenters. The van der Waals surface area contributed by atoms with Gasteiger partial charge < -0.3 is 0 Å². The Bertz CT molecular complexity index is 350. The van der Waals surface area contributed by atoms with Crippen LogP contribution in [0.4, 0.5) is 0 Å². The molecule has 0 heterocycles. The Balaban J connectivity index is 2.91. The lowest BCUT2D eigenvalue weighted by atomic mass is 10.0. The molecule has 0 fully saturated rings. The fraction of sp³-hybridized carbons (Fsp3) is 0.375. The molecule has 0 aromatic heterocycles. The van der Waals surface area contributed by atoms with Crippen LogP contribution in [0.25, 0.3) is 0 Å². The van der Waals surface area contributed by atoms with E-state index in [0.717, 1.165) is 0 Å². The fourth-order valence-electron chi connectivity index (χ4n) is 1.16. The zero-order valence-electron chi connectivity index (χ0n) is 6.80. The van der Waals surface area contributed by atoms with Gasteiger partial charge in [0.05, 0.1) is 0 Å². The van der Waals surface area contributed by atoms with Crippen LogP contribution < -0.4 is 0 Å². The SMILES string of the molecule is O=[C]C(C1=CCC=CC1)S(=O)(=O)O. The summed E-state index contributed by atoms with van der Waals surface area (Å²) in [5.41, 5.74) is 0.389. The maximum absolute atomic E-state index is 10.7. The lowest BCUT2D eigenvalue weighted by Gasteiger charge is -2.11. The zero-order chi connectivity index (χ0) is 9.90. The molecular formula is C8H9O4S. The lowest BCUT2D eigenvalue weighted by molar-refractivity contribution is 0.476. The van der Waals surface area contributed by atoms with Gasteiger partial charge in [-0.05, 0) is 18.4 Å². The Kier molecular flexibility index (Phi) is 3.00. The largest absolute Gasteiger partial charge is 0.289 e. The van der Waals surface area contributed by atoms with Crippen LogP contribution in [0.3, 0.4) is 0 Å². The van der Waals surface area contributed by atoms with E-state index >= 15 is 0 Å². The van der Waals surface area contributed by atoms with Crippen molar-refractivity contribution in [2.75, 3.05) is 0 Å². The monoisotopic (exact) mass is 201 g/mol. The second-order valence-corrected chi connectivity index (χ2v) is 4.20. The molecule has 13 heavy (non-hydrogen) atoms. The number of carbonyl (C=O) groups excluding carboxylic acids is 1. The Morgan fingerprint density at radius 3 is 2.54 bits per heavy atom. The van der Waals surface area contributed by atoms with Gasteiger partial charge in [-0.3, -0.25) is 9.35 Å². The highest BCUT2D eigenvalue weighted by Gasteiger charge is 2.27. The van der Waals surface area contributed by atoms with Crippen molar-refractivity contribution >= 4 is 16.4 Å². The summed E-state index contributed by atoms with van der Waals surface area (Å²) in [5.74, 6) is 0. The average molecular weight is 201 g/mol. The van der Waals surface area contributed by atoms with Gasteiger partial charge in [-0.25, -0.2) is 0 Å². The van der Waals surface area contributed by atoms with E-state index in [1.165, 1.54) is 6.29 Å². The van der Waals surface area contributed by atoms with E-state index in [0.29, 0.717) is 18.4 Å². The molecule has 0 saturated heterocycles. The molecule has 1 aliphatic rings. The van der Waals surface area contributed by atoms with E-state index in [4.69, 9.17) is 4.55 Å². The van der Waals surface area contributed by atoms with Crippen molar-refractivity contribution in [3.8, 4) is 0 Å². The van der Waals surface area contributed by atoms with Crippen LogP contribution in [-0.2, 0) is 14.9 Å². The van der Waals surface area contributed by atoms with Crippen molar-refractivity contribution in [2.45, 2.75) is 18.1 Å². The molecule has 1 N–H and O–H groups in total. The maximum atomic E-state index is 10.7. The van der Waals surface area contributed by atoms with E-state index in [1.807, 2.05) is 6.08 Å². The highest BCUT2D eigenvalue weighted by atomic mass is 32.2. The minimum atomic E-state index is -4.34. The van der Waals surface area contributed by atoms with Crippen LogP contribution in [0.1, 0.15) is 12.8 Å². The Labute approximate surface area is 76.7 Å². The maximum Gasteiger partial charge on any atom is 0.279 e. The van der Waals surface area contributed by atoms with Crippen molar-refractivity contribution in [3.63, 3.8) is 0 Å². The van der Waals surface area contributed by atoms with Gasteiger partial charge in [0, 0.05) is 0 Å². The third-order valence-corrected chi connectivity index (χ3v) is 2.77. The van der Waals surface area contributed by atoms with Crippen molar-refractivity contribution in [1.82, 2.24) is 0 Å². The van der Waals surface area contributed by atoms with Crippen molar-refractivity contribution in [2.24, 2.45) is 0 Å². The van der Waals surface area contributed by atoms with Gasteiger partial charge >= 0.3 is 0 Å². The highest BCUT2D eigenvalue weighted by Crippen LogP contribution is 2.18. The molecular weight excluding hydrogens is 192 g/mol. The van der Waals surface area contributed by atoms with Gasteiger partial charge in [-0.1, -0.05) is 18.2 Å². The Morgan fingerprint density at radius 2 is 2.15 bits per heavy atom. The van der Waals surface area contributed by atoms with Gasteiger partial charge in [-0.2, -0.15) is 8.42 Å². The molecule has 1 aliphatic carbocycles. The lowest BCUT2D eigenvalue weighted by Crippen LogP contribution is -2.24. The normalized spacial score (nSPS) is 19.3. The third kappa shape index (κ3) is 2.50. The molecule has 71 valence electrons. The van der Waals surface area contributed by atoms with Crippen LogP contribution >= 0.6 is 0 Å². The molecule has 0 aromatic rings. The molecule has 0 aromatic carbocycles. The average Bonchev–Trinajstić information content (AvgIpc) is 2.05. The Hall–Kier alpha value is -0.940. The zero-order valence-corrected chi connectivity index (χ0v) is 7.62. The molecule has 1 unspecified atom stereocenters. The summed E-state index contributed by atoms with van der Waals surface area (Å²) in [5, 5.41) is -1.52. The minimum absolute atomic E-state index is 0.375. The minimum Gasteiger partial charge on any atom is -0.289 e. The van der Waals surface area contributed by atoms with Crippen LogP contribution in [0.5, 0.6) is 0 Å². The number of rotatable bonds is 3. The predicted molar refractivity (Wildman–Crippen MR) is 47.5 cm³/mol. The van der Waals surface area contributed by atoms with E-state index < -0.39 is 15.4 Å². The first-order chi connectivity index (χ1) is 6.05. The molecule has 0 bridgehead atoms. The summed E-state index contributed by atoms with van der Waals surface area (Å²) >= 11 is 0. The highest BCUT2D eigenvalue weighted by molar-refractivity contribution is 7.87. The second-order valence-electron chi connectivity index (χ2n) is 2.70. The van der Waals surface area contributed by atoms with E-state index in [9.17, 15) is 13.2 Å². The summed E-state index contributed by atoms with van der Waals surface area (Å²) < 4.78 is 30.1. The van der Waals surface area contributed by atoms with Crippen molar-refractivity contribution in [3.05, 3.63) is 23.8 Å². The third-order valence-electron chi connectivity index (χ3n) is 1.78. The van der Waals surface area contributed by atoms with Gasteiger partial charge in [0.15, 0.2) is 5.25 Å². The fourth-order valence-corrected chi connectivity index (χ4v) is 1.86. The van der Waals surface area contributed by atoms with Gasteiger partial charge in [0.2, 0.25) is 6.29 Å². The van der Waals surface area contributed by atoms with Crippen molar-refractivity contribution < 1.29 is 17.8 Å². The number of allylic oxidation sites excluding steroid dienone is 3. The Morgan fingerprint density at radius 1 is 1.46 bits per heavy atom. The molecule has 1 rings (SSSR count). The van der Waals surface area contributed by atoms with Gasteiger partial charge in [-0.15, -0.1) is 0 Å². The summed E-state index contributed by atoms with van der Waals surface area (Å²) in [6.07, 6.45) is 7.51. The molecule has 0 amide bonds. The van der Waals surface area contributed by atoms with Crippen LogP contribution in [-0.4, -0.2) is 24.5 Å². The summed E-state index contributed by atoms with van der Waals surface area (Å²) in [6, 6.07) is 0. The van der Waals surface area contributed by atoms with Gasteiger partial charge in [0.25, 0.3) is 10.1 Å². The topological polar surface area (TPSA) is 71.4 Å². The van der Waals surface area contributed by atoms with E-state index in [1.54, 1.807) is 12.2 Å². The first-order valence-electron chi connectivity index (χ1n) is 3.73. The molecule has 4 nitrogen and oxygen atoms in total. The quantitative estimate of drug-likeness (QED) is 0.537.